The first kappa shape index (κ1) is 33.0. The smallest absolute Gasteiger partial charge is 0.346 e. The first-order valence-electron chi connectivity index (χ1n) is 16.0. The van der Waals surface area contributed by atoms with E-state index in [0.29, 0.717) is 50.4 Å². The minimum absolute atomic E-state index is 0. The lowest BCUT2D eigenvalue weighted by Gasteiger charge is -2.18. The van der Waals surface area contributed by atoms with Gasteiger partial charge in [0.15, 0.2) is 0 Å². The minimum Gasteiger partial charge on any atom is -0.386 e. The van der Waals surface area contributed by atoms with Crippen LogP contribution in [0.25, 0.3) is 0 Å². The van der Waals surface area contributed by atoms with Crippen molar-refractivity contribution < 1.29 is 28.2 Å². The standard InChI is InChI=1S/C24H20N2O2.C8H12N2.C8H4O3.3H2/c27-23-21-10-3-1-8-19(21)15-25(23)13-17-6-5-7-18(12-17)14-26-16-20-9-2-4-11-22(20)24(26)28;9-5-7-2-1-3-8(4-7)6-10;9-7-5-3-1-2-4-6(5)8(10)11-7;;;/h1-12H,13-16H2;1-4H,5-6,9-10H2;1-4H;3*1H. The van der Waals surface area contributed by atoms with Gasteiger partial charge in [0.1, 0.15) is 0 Å². The molecule has 5 aromatic carbocycles. The maximum Gasteiger partial charge on any atom is 0.346 e. The quantitative estimate of drug-likeness (QED) is 0.161. The summed E-state index contributed by atoms with van der Waals surface area (Å²) in [6.45, 7) is 3.64. The molecule has 0 spiro atoms. The molecule has 5 aromatic rings. The van der Waals surface area contributed by atoms with E-state index in [0.717, 1.165) is 44.5 Å². The second-order valence-electron chi connectivity index (χ2n) is 11.9. The molecule has 0 atom stereocenters. The number of nitrogens with zero attached hydrogens (tertiary/aromatic N) is 2. The third kappa shape index (κ3) is 7.49. The molecule has 8 rings (SSSR count). The maximum absolute atomic E-state index is 12.6. The Labute approximate surface area is 289 Å². The van der Waals surface area contributed by atoms with Gasteiger partial charge in [0.2, 0.25) is 0 Å². The summed E-state index contributed by atoms with van der Waals surface area (Å²) in [6.07, 6.45) is 0. The maximum atomic E-state index is 12.6. The lowest BCUT2D eigenvalue weighted by molar-refractivity contribution is 0.0443. The van der Waals surface area contributed by atoms with E-state index in [2.05, 4.69) is 10.8 Å². The lowest BCUT2D eigenvalue weighted by atomic mass is 10.1. The van der Waals surface area contributed by atoms with Gasteiger partial charge < -0.3 is 26.0 Å². The van der Waals surface area contributed by atoms with Gasteiger partial charge in [-0.3, -0.25) is 9.59 Å². The van der Waals surface area contributed by atoms with E-state index in [-0.39, 0.29) is 16.1 Å². The Hall–Kier alpha value is -5.90. The van der Waals surface area contributed by atoms with Crippen LogP contribution in [0.1, 0.15) is 79.1 Å². The molecule has 0 saturated heterocycles. The number of hydrogen-bond acceptors (Lipinski definition) is 7. The molecular formula is C40H42N4O5. The first-order chi connectivity index (χ1) is 23.8. The number of amides is 2. The van der Waals surface area contributed by atoms with Gasteiger partial charge in [-0.05, 0) is 57.6 Å². The Bertz CT molecular complexity index is 1920. The molecule has 0 aromatic heterocycles. The van der Waals surface area contributed by atoms with Crippen molar-refractivity contribution in [3.8, 4) is 0 Å². The molecule has 0 bridgehead atoms. The van der Waals surface area contributed by atoms with Crippen molar-refractivity contribution in [2.75, 3.05) is 0 Å². The van der Waals surface area contributed by atoms with Crippen molar-refractivity contribution in [3.63, 3.8) is 0 Å². The monoisotopic (exact) mass is 658 g/mol. The van der Waals surface area contributed by atoms with Crippen molar-refractivity contribution >= 4 is 23.8 Å². The van der Waals surface area contributed by atoms with Crippen LogP contribution in [0.15, 0.2) is 121 Å². The highest BCUT2D eigenvalue weighted by molar-refractivity contribution is 6.14. The highest BCUT2D eigenvalue weighted by Gasteiger charge is 2.29. The van der Waals surface area contributed by atoms with Crippen molar-refractivity contribution in [3.05, 3.63) is 177 Å². The van der Waals surface area contributed by atoms with Gasteiger partial charge in [0, 0.05) is 54.7 Å². The third-order valence-electron chi connectivity index (χ3n) is 8.55. The Kier molecular flexibility index (Phi) is 10.0. The Balaban J connectivity index is 0.000000252. The molecule has 3 heterocycles. The topological polar surface area (TPSA) is 136 Å². The largest absolute Gasteiger partial charge is 0.386 e. The lowest BCUT2D eigenvalue weighted by Crippen LogP contribution is -2.24. The average Bonchev–Trinajstić information content (AvgIpc) is 3.74. The molecule has 0 aliphatic carbocycles. The fraction of sp³-hybridized carbons (Fsp3) is 0.150. The fourth-order valence-electron chi connectivity index (χ4n) is 6.07. The van der Waals surface area contributed by atoms with Gasteiger partial charge in [-0.15, -0.1) is 0 Å². The highest BCUT2D eigenvalue weighted by Crippen LogP contribution is 2.26. The second-order valence-corrected chi connectivity index (χ2v) is 11.9. The fourth-order valence-corrected chi connectivity index (χ4v) is 6.07. The highest BCUT2D eigenvalue weighted by atomic mass is 16.6. The van der Waals surface area contributed by atoms with E-state index >= 15 is 0 Å². The number of fused-ring (bicyclic) bond motifs is 3. The number of rotatable bonds is 6. The molecule has 0 unspecified atom stereocenters. The van der Waals surface area contributed by atoms with Crippen LogP contribution in [0.4, 0.5) is 0 Å². The Morgan fingerprint density at radius 1 is 0.490 bits per heavy atom. The Morgan fingerprint density at radius 3 is 1.27 bits per heavy atom. The zero-order valence-corrected chi connectivity index (χ0v) is 26.9. The number of ether oxygens (including phenoxy) is 1. The van der Waals surface area contributed by atoms with Crippen molar-refractivity contribution in [2.45, 2.75) is 39.3 Å². The molecule has 49 heavy (non-hydrogen) atoms. The number of carbonyl (C=O) groups is 4. The van der Waals surface area contributed by atoms with E-state index in [1.54, 1.807) is 24.3 Å². The molecule has 9 heteroatoms. The van der Waals surface area contributed by atoms with Gasteiger partial charge in [-0.25, -0.2) is 9.59 Å². The molecule has 3 aliphatic rings. The molecule has 0 fully saturated rings. The van der Waals surface area contributed by atoms with Crippen LogP contribution in [-0.4, -0.2) is 33.6 Å². The summed E-state index contributed by atoms with van der Waals surface area (Å²) < 4.78 is 4.35. The minimum atomic E-state index is -0.550. The molecular weight excluding hydrogens is 616 g/mol. The average molecular weight is 659 g/mol. The van der Waals surface area contributed by atoms with Gasteiger partial charge >= 0.3 is 11.9 Å². The normalized spacial score (nSPS) is 13.9. The summed E-state index contributed by atoms with van der Waals surface area (Å²) in [7, 11) is 0. The van der Waals surface area contributed by atoms with Crippen LogP contribution in [0, 0.1) is 0 Å². The Morgan fingerprint density at radius 2 is 0.857 bits per heavy atom. The van der Waals surface area contributed by atoms with Crippen LogP contribution in [0.5, 0.6) is 0 Å². The summed E-state index contributed by atoms with van der Waals surface area (Å²) in [6, 6.07) is 38.3. The summed E-state index contributed by atoms with van der Waals surface area (Å²) >= 11 is 0. The number of esters is 2. The van der Waals surface area contributed by atoms with Crippen LogP contribution in [0.3, 0.4) is 0 Å². The summed E-state index contributed by atoms with van der Waals surface area (Å²) in [4.78, 5) is 50.6. The molecule has 4 N–H and O–H groups in total. The van der Waals surface area contributed by atoms with Gasteiger partial charge in [-0.1, -0.05) is 97.1 Å². The summed E-state index contributed by atoms with van der Waals surface area (Å²) in [5.74, 6) is -0.923. The summed E-state index contributed by atoms with van der Waals surface area (Å²) in [5.41, 5.74) is 19.8. The number of benzene rings is 5. The van der Waals surface area contributed by atoms with Crippen LogP contribution in [0.2, 0.25) is 0 Å². The number of cyclic esters (lactones) is 2. The van der Waals surface area contributed by atoms with Crippen LogP contribution in [-0.2, 0) is 44.0 Å². The van der Waals surface area contributed by atoms with E-state index in [9.17, 15) is 19.2 Å². The molecule has 2 amide bonds. The van der Waals surface area contributed by atoms with E-state index < -0.39 is 11.9 Å². The molecule has 0 radical (unpaired) electrons. The van der Waals surface area contributed by atoms with Gasteiger partial charge in [-0.2, -0.15) is 0 Å². The van der Waals surface area contributed by atoms with Crippen molar-refractivity contribution in [1.82, 2.24) is 9.80 Å². The molecule has 0 saturated carbocycles. The van der Waals surface area contributed by atoms with Crippen LogP contribution >= 0.6 is 0 Å². The third-order valence-corrected chi connectivity index (χ3v) is 8.55. The van der Waals surface area contributed by atoms with Gasteiger partial charge in [0.05, 0.1) is 11.1 Å². The number of carbonyl (C=O) groups excluding carboxylic acids is 4. The predicted molar refractivity (Wildman–Crippen MR) is 191 cm³/mol. The number of nitrogens with two attached hydrogens (primary N) is 2. The molecule has 252 valence electrons. The van der Waals surface area contributed by atoms with E-state index in [4.69, 9.17) is 11.5 Å². The van der Waals surface area contributed by atoms with Crippen molar-refractivity contribution in [2.24, 2.45) is 11.5 Å². The summed E-state index contributed by atoms with van der Waals surface area (Å²) in [5, 5.41) is 0. The second kappa shape index (κ2) is 14.9. The van der Waals surface area contributed by atoms with Crippen molar-refractivity contribution in [1.29, 1.82) is 0 Å². The molecule has 3 aliphatic heterocycles. The predicted octanol–water partition coefficient (Wildman–Crippen LogP) is 6.34. The number of hydrogen-bond donors (Lipinski definition) is 2. The first-order valence-corrected chi connectivity index (χ1v) is 16.0. The zero-order valence-electron chi connectivity index (χ0n) is 26.9. The van der Waals surface area contributed by atoms with E-state index in [1.807, 2.05) is 101 Å². The van der Waals surface area contributed by atoms with E-state index in [1.165, 1.54) is 0 Å². The zero-order chi connectivity index (χ0) is 34.3. The van der Waals surface area contributed by atoms with Crippen LogP contribution < -0.4 is 11.5 Å². The SMILES string of the molecule is NCc1cccc(CN)c1.O=C1OC(=O)c2ccccc21.O=C1c2ccccc2CN1Cc1cccc(CN2Cc3ccccc3C2=O)c1.[HH].[HH].[HH]. The molecule has 9 nitrogen and oxygen atoms in total. The van der Waals surface area contributed by atoms with Gasteiger partial charge in [0.25, 0.3) is 11.8 Å².